The third-order valence-corrected chi connectivity index (χ3v) is 5.37. The number of nitrogen functional groups attached to an aromatic ring is 1. The Morgan fingerprint density at radius 2 is 1.69 bits per heavy atom. The summed E-state index contributed by atoms with van der Waals surface area (Å²) in [6.45, 7) is 4.07. The van der Waals surface area contributed by atoms with E-state index in [0.717, 1.165) is 49.2 Å². The van der Waals surface area contributed by atoms with Crippen LogP contribution in [0, 0.1) is 10.1 Å². The fourth-order valence-electron chi connectivity index (χ4n) is 3.69. The van der Waals surface area contributed by atoms with Crippen molar-refractivity contribution in [1.82, 2.24) is 5.32 Å². The van der Waals surface area contributed by atoms with Gasteiger partial charge in [-0.25, -0.2) is 0 Å². The third-order valence-electron chi connectivity index (χ3n) is 5.37. The maximum atomic E-state index is 11.5. The minimum atomic E-state index is -0.381. The van der Waals surface area contributed by atoms with E-state index in [0.29, 0.717) is 18.8 Å². The number of benzene rings is 3. The van der Waals surface area contributed by atoms with Crippen LogP contribution in [0.1, 0.15) is 35.6 Å². The normalized spacial score (nSPS) is 10.8. The van der Waals surface area contributed by atoms with Gasteiger partial charge in [0.25, 0.3) is 0 Å². The highest BCUT2D eigenvalue weighted by Gasteiger charge is 2.16. The summed E-state index contributed by atoms with van der Waals surface area (Å²) in [5, 5.41) is 15.0. The lowest BCUT2D eigenvalue weighted by molar-refractivity contribution is -0.386. The summed E-state index contributed by atoms with van der Waals surface area (Å²) in [6.07, 6.45) is 3.77. The lowest BCUT2D eigenvalue weighted by atomic mass is 10.00. The van der Waals surface area contributed by atoms with Crippen molar-refractivity contribution in [1.29, 1.82) is 0 Å². The lowest BCUT2D eigenvalue weighted by Gasteiger charge is -2.11. The summed E-state index contributed by atoms with van der Waals surface area (Å²) in [6, 6.07) is 21.0. The van der Waals surface area contributed by atoms with Crippen LogP contribution in [0.3, 0.4) is 0 Å². The van der Waals surface area contributed by atoms with Gasteiger partial charge in [0, 0.05) is 11.8 Å². The fraction of sp³-hybridized carbons (Fsp3) is 0.308. The minimum Gasteiger partial charge on any atom is -0.482 e. The number of nitro groups is 1. The summed E-state index contributed by atoms with van der Waals surface area (Å²) in [5.41, 5.74) is 11.3. The Bertz CT molecular complexity index is 1020. The molecule has 0 aliphatic heterocycles. The molecule has 0 amide bonds. The molecule has 3 N–H and O–H groups in total. The van der Waals surface area contributed by atoms with Gasteiger partial charge in [-0.3, -0.25) is 10.1 Å². The molecule has 0 atom stereocenters. The summed E-state index contributed by atoms with van der Waals surface area (Å²) in [5.74, 6) is 0.294. The van der Waals surface area contributed by atoms with Crippen LogP contribution in [0.2, 0.25) is 0 Å². The van der Waals surface area contributed by atoms with Crippen molar-refractivity contribution in [2.24, 2.45) is 0 Å². The Morgan fingerprint density at radius 1 is 0.906 bits per heavy atom. The molecule has 0 heterocycles. The monoisotopic (exact) mass is 433 g/mol. The Kier molecular flexibility index (Phi) is 8.63. The molecule has 168 valence electrons. The van der Waals surface area contributed by atoms with Crippen LogP contribution in [0.25, 0.3) is 0 Å². The Balaban J connectivity index is 1.51. The molecule has 32 heavy (non-hydrogen) atoms. The average molecular weight is 434 g/mol. The number of nitrogens with zero attached hydrogens (tertiary/aromatic N) is 1. The first-order valence-corrected chi connectivity index (χ1v) is 11.1. The third kappa shape index (κ3) is 6.82. The number of anilines is 1. The predicted octanol–water partition coefficient (Wildman–Crippen LogP) is 5.08. The van der Waals surface area contributed by atoms with Crippen LogP contribution in [0.15, 0.2) is 66.7 Å². The van der Waals surface area contributed by atoms with E-state index in [1.807, 2.05) is 42.5 Å². The van der Waals surface area contributed by atoms with Gasteiger partial charge in [-0.1, -0.05) is 55.8 Å². The van der Waals surface area contributed by atoms with Crippen LogP contribution >= 0.6 is 0 Å². The van der Waals surface area contributed by atoms with E-state index < -0.39 is 0 Å². The van der Waals surface area contributed by atoms with Crippen molar-refractivity contribution < 1.29 is 9.66 Å². The number of aryl methyl sites for hydroxylation is 1. The standard InChI is InChI=1S/C26H31N3O3/c1-2-6-23-18-24(27)11-10-22(23)14-16-28-15-13-20-9-12-26(25(17-20)29(30)31)32-19-21-7-4-3-5-8-21/h3-5,7-12,17-18,28H,2,6,13-16,19,27H2,1H3. The molecule has 0 saturated carbocycles. The number of nitrogens with one attached hydrogen (secondary N) is 1. The first kappa shape index (κ1) is 23.3. The van der Waals surface area contributed by atoms with Crippen molar-refractivity contribution in [2.45, 2.75) is 39.2 Å². The molecule has 3 aromatic carbocycles. The van der Waals surface area contributed by atoms with Crippen molar-refractivity contribution in [2.75, 3.05) is 18.8 Å². The second kappa shape index (κ2) is 11.9. The van der Waals surface area contributed by atoms with Gasteiger partial charge in [0.15, 0.2) is 5.75 Å². The summed E-state index contributed by atoms with van der Waals surface area (Å²) in [4.78, 5) is 11.1. The smallest absolute Gasteiger partial charge is 0.311 e. The predicted molar refractivity (Wildman–Crippen MR) is 129 cm³/mol. The van der Waals surface area contributed by atoms with Crippen LogP contribution in [-0.4, -0.2) is 18.0 Å². The minimum absolute atomic E-state index is 0.00418. The zero-order chi connectivity index (χ0) is 22.8. The average Bonchev–Trinajstić information content (AvgIpc) is 2.80. The highest BCUT2D eigenvalue weighted by atomic mass is 16.6. The summed E-state index contributed by atoms with van der Waals surface area (Å²) >= 11 is 0. The topological polar surface area (TPSA) is 90.4 Å². The van der Waals surface area contributed by atoms with Crippen LogP contribution in [0.4, 0.5) is 11.4 Å². The molecule has 0 bridgehead atoms. The van der Waals surface area contributed by atoms with Crippen molar-refractivity contribution >= 4 is 11.4 Å². The van der Waals surface area contributed by atoms with Gasteiger partial charge < -0.3 is 15.8 Å². The van der Waals surface area contributed by atoms with Gasteiger partial charge in [-0.05, 0) is 72.8 Å². The highest BCUT2D eigenvalue weighted by Crippen LogP contribution is 2.29. The van der Waals surface area contributed by atoms with E-state index in [9.17, 15) is 10.1 Å². The van der Waals surface area contributed by atoms with Crippen molar-refractivity contribution in [3.8, 4) is 5.75 Å². The Labute approximate surface area is 189 Å². The molecule has 0 saturated heterocycles. The number of ether oxygens (including phenoxy) is 1. The van der Waals surface area contributed by atoms with Gasteiger partial charge in [0.05, 0.1) is 4.92 Å². The molecule has 0 radical (unpaired) electrons. The Hall–Kier alpha value is -3.38. The van der Waals surface area contributed by atoms with Crippen LogP contribution in [-0.2, 0) is 25.9 Å². The molecule has 0 aromatic heterocycles. The fourth-order valence-corrected chi connectivity index (χ4v) is 3.69. The largest absolute Gasteiger partial charge is 0.482 e. The Morgan fingerprint density at radius 3 is 2.44 bits per heavy atom. The van der Waals surface area contributed by atoms with E-state index in [2.05, 4.69) is 24.4 Å². The first-order chi connectivity index (χ1) is 15.6. The highest BCUT2D eigenvalue weighted by molar-refractivity contribution is 5.49. The molecule has 6 nitrogen and oxygen atoms in total. The molecule has 3 aromatic rings. The molecule has 0 unspecified atom stereocenters. The van der Waals surface area contributed by atoms with E-state index >= 15 is 0 Å². The maximum Gasteiger partial charge on any atom is 0.311 e. The molecule has 6 heteroatoms. The quantitative estimate of drug-likeness (QED) is 0.180. The number of nitrogens with two attached hydrogens (primary N) is 1. The number of rotatable bonds is 12. The second-order valence-corrected chi connectivity index (χ2v) is 7.86. The lowest BCUT2D eigenvalue weighted by Crippen LogP contribution is -2.20. The molecule has 0 spiro atoms. The SMILES string of the molecule is CCCc1cc(N)ccc1CCNCCc1ccc(OCc2ccccc2)c([N+](=O)[O-])c1. The van der Waals surface area contributed by atoms with E-state index in [-0.39, 0.29) is 10.6 Å². The molecule has 0 fully saturated rings. The van der Waals surface area contributed by atoms with E-state index in [1.54, 1.807) is 12.1 Å². The summed E-state index contributed by atoms with van der Waals surface area (Å²) in [7, 11) is 0. The zero-order valence-electron chi connectivity index (χ0n) is 18.5. The van der Waals surface area contributed by atoms with Gasteiger partial charge >= 0.3 is 5.69 Å². The molecular weight excluding hydrogens is 402 g/mol. The first-order valence-electron chi connectivity index (χ1n) is 11.1. The van der Waals surface area contributed by atoms with Gasteiger partial charge in [0.1, 0.15) is 6.61 Å². The van der Waals surface area contributed by atoms with Crippen molar-refractivity contribution in [3.05, 3.63) is 99.1 Å². The van der Waals surface area contributed by atoms with E-state index in [1.165, 1.54) is 11.1 Å². The number of nitro benzene ring substituents is 1. The van der Waals surface area contributed by atoms with Gasteiger partial charge in [0.2, 0.25) is 0 Å². The van der Waals surface area contributed by atoms with Crippen LogP contribution < -0.4 is 15.8 Å². The second-order valence-electron chi connectivity index (χ2n) is 7.86. The molecule has 0 aliphatic carbocycles. The number of hydrogen-bond acceptors (Lipinski definition) is 5. The molecular formula is C26H31N3O3. The van der Waals surface area contributed by atoms with Gasteiger partial charge in [-0.15, -0.1) is 0 Å². The van der Waals surface area contributed by atoms with Crippen LogP contribution in [0.5, 0.6) is 5.75 Å². The van der Waals surface area contributed by atoms with E-state index in [4.69, 9.17) is 10.5 Å². The summed E-state index contributed by atoms with van der Waals surface area (Å²) < 4.78 is 5.70. The molecule has 3 rings (SSSR count). The zero-order valence-corrected chi connectivity index (χ0v) is 18.5. The maximum absolute atomic E-state index is 11.5. The van der Waals surface area contributed by atoms with Crippen molar-refractivity contribution in [3.63, 3.8) is 0 Å². The molecule has 0 aliphatic rings. The van der Waals surface area contributed by atoms with Gasteiger partial charge in [-0.2, -0.15) is 0 Å². The number of hydrogen-bond donors (Lipinski definition) is 2.